The van der Waals surface area contributed by atoms with Crippen LogP contribution in [0, 0.1) is 0 Å². The molecule has 0 radical (unpaired) electrons. The lowest BCUT2D eigenvalue weighted by Gasteiger charge is -2.15. The van der Waals surface area contributed by atoms with Gasteiger partial charge in [0.2, 0.25) is 0 Å². The summed E-state index contributed by atoms with van der Waals surface area (Å²) in [5.41, 5.74) is 0. The highest BCUT2D eigenvalue weighted by atomic mass is 16.6. The minimum Gasteiger partial charge on any atom is -0.462 e. The van der Waals surface area contributed by atoms with E-state index in [9.17, 15) is 9.59 Å². The average molecular weight is 439 g/mol. The molecule has 0 aliphatic carbocycles. The Morgan fingerprint density at radius 2 is 1.35 bits per heavy atom. The van der Waals surface area contributed by atoms with Gasteiger partial charge >= 0.3 is 11.9 Å². The van der Waals surface area contributed by atoms with Gasteiger partial charge in [-0.1, -0.05) is 82.6 Å². The summed E-state index contributed by atoms with van der Waals surface area (Å²) in [4.78, 5) is 22.5. The first-order chi connectivity index (χ1) is 15.1. The zero-order chi connectivity index (χ0) is 23.0. The van der Waals surface area contributed by atoms with Crippen molar-refractivity contribution in [3.05, 3.63) is 24.3 Å². The van der Waals surface area contributed by atoms with Crippen molar-refractivity contribution >= 4 is 11.9 Å². The summed E-state index contributed by atoms with van der Waals surface area (Å²) in [5, 5.41) is 9.14. The lowest BCUT2D eigenvalue weighted by Crippen LogP contribution is -2.28. The number of allylic oxidation sites excluding steroid dienone is 4. The van der Waals surface area contributed by atoms with Gasteiger partial charge in [0.15, 0.2) is 6.10 Å². The topological polar surface area (TPSA) is 72.8 Å². The van der Waals surface area contributed by atoms with Crippen molar-refractivity contribution in [1.82, 2.24) is 0 Å². The van der Waals surface area contributed by atoms with Crippen LogP contribution >= 0.6 is 0 Å². The molecule has 31 heavy (non-hydrogen) atoms. The summed E-state index contributed by atoms with van der Waals surface area (Å²) in [6.45, 7) is 3.09. The fourth-order valence-electron chi connectivity index (χ4n) is 3.19. The maximum absolute atomic E-state index is 11.7. The normalized spacial score (nSPS) is 12.5. The summed E-state index contributed by atoms with van der Waals surface area (Å²) in [5.74, 6) is -0.796. The van der Waals surface area contributed by atoms with Gasteiger partial charge in [-0.05, 0) is 38.5 Å². The van der Waals surface area contributed by atoms with E-state index < -0.39 is 12.1 Å². The van der Waals surface area contributed by atoms with Crippen LogP contribution in [0.2, 0.25) is 0 Å². The number of ether oxygens (including phenoxy) is 2. The van der Waals surface area contributed by atoms with E-state index in [1.807, 2.05) is 0 Å². The molecule has 1 unspecified atom stereocenters. The maximum atomic E-state index is 11.7. The van der Waals surface area contributed by atoms with Gasteiger partial charge in [-0.25, -0.2) is 0 Å². The largest absolute Gasteiger partial charge is 0.462 e. The Labute approximate surface area is 190 Å². The molecule has 0 aromatic heterocycles. The van der Waals surface area contributed by atoms with E-state index in [0.29, 0.717) is 6.42 Å². The van der Waals surface area contributed by atoms with Gasteiger partial charge in [-0.2, -0.15) is 0 Å². The van der Waals surface area contributed by atoms with Gasteiger partial charge in [-0.3, -0.25) is 9.59 Å². The molecular formula is C26H46O5. The molecule has 0 amide bonds. The summed E-state index contributed by atoms with van der Waals surface area (Å²) in [6, 6.07) is 0. The minimum absolute atomic E-state index is 0.0947. The molecular weight excluding hydrogens is 392 g/mol. The number of carbonyl (C=O) groups is 2. The second kappa shape index (κ2) is 23.1. The Kier molecular flexibility index (Phi) is 21.8. The first-order valence-corrected chi connectivity index (χ1v) is 12.3. The van der Waals surface area contributed by atoms with Gasteiger partial charge < -0.3 is 14.6 Å². The molecule has 0 heterocycles. The Morgan fingerprint density at radius 1 is 0.806 bits per heavy atom. The van der Waals surface area contributed by atoms with Crippen LogP contribution in [-0.2, 0) is 19.1 Å². The van der Waals surface area contributed by atoms with Crippen LogP contribution in [0.4, 0.5) is 0 Å². The molecule has 5 nitrogen and oxygen atoms in total. The number of aliphatic hydroxyl groups excluding tert-OH is 1. The lowest BCUT2D eigenvalue weighted by molar-refractivity contribution is -0.160. The fraction of sp³-hybridized carbons (Fsp3) is 0.769. The van der Waals surface area contributed by atoms with Crippen LogP contribution in [0.15, 0.2) is 24.3 Å². The molecule has 0 saturated carbocycles. The van der Waals surface area contributed by atoms with E-state index in [4.69, 9.17) is 14.6 Å². The van der Waals surface area contributed by atoms with Crippen molar-refractivity contribution in [2.24, 2.45) is 0 Å². The highest BCUT2D eigenvalue weighted by Crippen LogP contribution is 2.11. The summed E-state index contributed by atoms with van der Waals surface area (Å²) in [7, 11) is 0. The first kappa shape index (κ1) is 29.4. The fourth-order valence-corrected chi connectivity index (χ4v) is 3.19. The molecule has 0 aromatic carbocycles. The average Bonchev–Trinajstić information content (AvgIpc) is 2.75. The number of rotatable bonds is 21. The van der Waals surface area contributed by atoms with Gasteiger partial charge in [0, 0.05) is 13.3 Å². The summed E-state index contributed by atoms with van der Waals surface area (Å²) in [6.07, 6.45) is 25.4. The molecule has 1 atom stereocenters. The molecule has 0 aromatic rings. The highest BCUT2D eigenvalue weighted by Gasteiger charge is 2.14. The quantitative estimate of drug-likeness (QED) is 0.127. The zero-order valence-corrected chi connectivity index (χ0v) is 20.0. The van der Waals surface area contributed by atoms with Crippen molar-refractivity contribution < 1.29 is 24.2 Å². The predicted octanol–water partition coefficient (Wildman–Crippen LogP) is 6.44. The SMILES string of the molecule is CCCCCC/C=C\C/C=C\CCCCCCCCCC(=O)OC(CO)COC(C)=O. The molecule has 0 saturated heterocycles. The number of hydrogen-bond acceptors (Lipinski definition) is 5. The Hall–Kier alpha value is -1.62. The van der Waals surface area contributed by atoms with Crippen LogP contribution in [0.5, 0.6) is 0 Å². The van der Waals surface area contributed by atoms with E-state index in [1.54, 1.807) is 0 Å². The third kappa shape index (κ3) is 22.9. The maximum Gasteiger partial charge on any atom is 0.306 e. The molecule has 180 valence electrons. The number of aliphatic hydroxyl groups is 1. The van der Waals surface area contributed by atoms with E-state index in [-0.39, 0.29) is 19.2 Å². The Morgan fingerprint density at radius 3 is 1.90 bits per heavy atom. The van der Waals surface area contributed by atoms with Crippen molar-refractivity contribution in [2.75, 3.05) is 13.2 Å². The van der Waals surface area contributed by atoms with Crippen LogP contribution in [0.25, 0.3) is 0 Å². The molecule has 0 spiro atoms. The van der Waals surface area contributed by atoms with Gasteiger partial charge in [0.1, 0.15) is 6.61 Å². The van der Waals surface area contributed by atoms with E-state index in [0.717, 1.165) is 32.1 Å². The minimum atomic E-state index is -0.767. The standard InChI is InChI=1S/C26H46O5/c1-3-4-5-6-7-8-9-10-11-12-13-14-15-16-17-18-19-20-21-26(29)31-25(22-27)23-30-24(2)28/h8-9,11-12,25,27H,3-7,10,13-23H2,1-2H3/b9-8-,12-11-. The number of esters is 2. The molecule has 5 heteroatoms. The zero-order valence-electron chi connectivity index (χ0n) is 20.0. The van der Waals surface area contributed by atoms with E-state index >= 15 is 0 Å². The third-order valence-corrected chi connectivity index (χ3v) is 5.06. The highest BCUT2D eigenvalue weighted by molar-refractivity contribution is 5.69. The van der Waals surface area contributed by atoms with Crippen molar-refractivity contribution in [3.8, 4) is 0 Å². The van der Waals surface area contributed by atoms with Crippen molar-refractivity contribution in [2.45, 2.75) is 116 Å². The molecule has 1 N–H and O–H groups in total. The number of carbonyl (C=O) groups excluding carboxylic acids is 2. The van der Waals surface area contributed by atoms with Crippen molar-refractivity contribution in [3.63, 3.8) is 0 Å². The van der Waals surface area contributed by atoms with Crippen LogP contribution in [-0.4, -0.2) is 36.4 Å². The molecule has 0 fully saturated rings. The van der Waals surface area contributed by atoms with Crippen LogP contribution in [0.3, 0.4) is 0 Å². The van der Waals surface area contributed by atoms with E-state index in [1.165, 1.54) is 64.7 Å². The molecule has 0 rings (SSSR count). The monoisotopic (exact) mass is 438 g/mol. The van der Waals surface area contributed by atoms with Gasteiger partial charge in [-0.15, -0.1) is 0 Å². The number of unbranched alkanes of at least 4 members (excludes halogenated alkanes) is 11. The van der Waals surface area contributed by atoms with Crippen LogP contribution < -0.4 is 0 Å². The van der Waals surface area contributed by atoms with Crippen LogP contribution in [0.1, 0.15) is 110 Å². The van der Waals surface area contributed by atoms with Gasteiger partial charge in [0.05, 0.1) is 6.61 Å². The second-order valence-corrected chi connectivity index (χ2v) is 8.14. The molecule has 0 aliphatic rings. The third-order valence-electron chi connectivity index (χ3n) is 5.06. The predicted molar refractivity (Wildman–Crippen MR) is 127 cm³/mol. The smallest absolute Gasteiger partial charge is 0.306 e. The second-order valence-electron chi connectivity index (χ2n) is 8.14. The Bertz CT molecular complexity index is 484. The van der Waals surface area contributed by atoms with E-state index in [2.05, 4.69) is 31.2 Å². The summed E-state index contributed by atoms with van der Waals surface area (Å²) >= 11 is 0. The first-order valence-electron chi connectivity index (χ1n) is 12.3. The van der Waals surface area contributed by atoms with Gasteiger partial charge in [0.25, 0.3) is 0 Å². The lowest BCUT2D eigenvalue weighted by atomic mass is 10.1. The number of hydrogen-bond donors (Lipinski definition) is 1. The van der Waals surface area contributed by atoms with Crippen molar-refractivity contribution in [1.29, 1.82) is 0 Å². The molecule has 0 bridgehead atoms. The summed E-state index contributed by atoms with van der Waals surface area (Å²) < 4.78 is 9.86. The molecule has 0 aliphatic heterocycles. The Balaban J connectivity index is 3.43.